The summed E-state index contributed by atoms with van der Waals surface area (Å²) in [5, 5.41) is 3.41. The Morgan fingerprint density at radius 3 is 2.55 bits per heavy atom. The van der Waals surface area contributed by atoms with Crippen LogP contribution in [0.5, 0.6) is 0 Å². The molecule has 2 aliphatic rings. The van der Waals surface area contributed by atoms with Gasteiger partial charge in [-0.3, -0.25) is 4.90 Å². The van der Waals surface area contributed by atoms with Crippen LogP contribution >= 0.6 is 12.4 Å². The molecule has 3 rings (SSSR count). The summed E-state index contributed by atoms with van der Waals surface area (Å²) in [6.07, 6.45) is 3.93. The largest absolute Gasteiger partial charge is 0.314 e. The van der Waals surface area contributed by atoms with Gasteiger partial charge in [-0.2, -0.15) is 0 Å². The molecule has 112 valence electrons. The normalized spacial score (nSPS) is 21.9. The number of rotatable bonds is 3. The van der Waals surface area contributed by atoms with Gasteiger partial charge in [0, 0.05) is 32.2 Å². The topological polar surface area (TPSA) is 15.3 Å². The first-order valence-corrected chi connectivity index (χ1v) is 7.46. The molecule has 1 saturated heterocycles. The van der Waals surface area contributed by atoms with Gasteiger partial charge in [-0.25, -0.2) is 4.39 Å². The molecule has 1 aliphatic carbocycles. The number of hydrogen-bond donors (Lipinski definition) is 1. The van der Waals surface area contributed by atoms with Crippen molar-refractivity contribution >= 4 is 12.4 Å². The maximum Gasteiger partial charge on any atom is 0.123 e. The first kappa shape index (κ1) is 15.7. The lowest BCUT2D eigenvalue weighted by Gasteiger charge is -2.43. The van der Waals surface area contributed by atoms with E-state index < -0.39 is 0 Å². The second-order valence-electron chi connectivity index (χ2n) is 5.92. The van der Waals surface area contributed by atoms with Crippen molar-refractivity contribution < 1.29 is 4.39 Å². The molecular weight excluding hydrogens is 275 g/mol. The zero-order chi connectivity index (χ0) is 13.2. The second kappa shape index (κ2) is 6.88. The second-order valence-corrected chi connectivity index (χ2v) is 5.92. The van der Waals surface area contributed by atoms with Crippen molar-refractivity contribution in [2.45, 2.75) is 32.2 Å². The SMILES string of the molecule is Cc1ccc(F)cc1[C@@H](C1CCC1)N1CCNCC1.Cl. The van der Waals surface area contributed by atoms with Crippen LogP contribution in [0, 0.1) is 18.7 Å². The molecule has 1 aliphatic heterocycles. The first-order chi connectivity index (χ1) is 9.25. The highest BCUT2D eigenvalue weighted by atomic mass is 35.5. The molecule has 0 radical (unpaired) electrons. The van der Waals surface area contributed by atoms with Crippen LogP contribution in [0.3, 0.4) is 0 Å². The standard InChI is InChI=1S/C16H23FN2.ClH/c1-12-5-6-14(17)11-15(12)16(13-3-2-4-13)19-9-7-18-8-10-19;/h5-6,11,13,16,18H,2-4,7-10H2,1H3;1H/t16-;/m1./s1. The van der Waals surface area contributed by atoms with E-state index in [9.17, 15) is 4.39 Å². The van der Waals surface area contributed by atoms with E-state index in [1.165, 1.54) is 30.4 Å². The van der Waals surface area contributed by atoms with Crippen LogP contribution in [0.2, 0.25) is 0 Å². The predicted octanol–water partition coefficient (Wildman–Crippen LogP) is 3.30. The monoisotopic (exact) mass is 298 g/mol. The molecule has 1 aromatic rings. The Morgan fingerprint density at radius 1 is 1.25 bits per heavy atom. The summed E-state index contributed by atoms with van der Waals surface area (Å²) in [4.78, 5) is 2.56. The van der Waals surface area contributed by atoms with E-state index >= 15 is 0 Å². The fourth-order valence-electron chi connectivity index (χ4n) is 3.39. The Bertz CT molecular complexity index is 442. The van der Waals surface area contributed by atoms with Crippen molar-refractivity contribution in [3.8, 4) is 0 Å². The highest BCUT2D eigenvalue weighted by molar-refractivity contribution is 5.85. The van der Waals surface area contributed by atoms with E-state index in [1.54, 1.807) is 12.1 Å². The van der Waals surface area contributed by atoms with Crippen LogP contribution in [0.4, 0.5) is 4.39 Å². The molecule has 2 nitrogen and oxygen atoms in total. The summed E-state index contributed by atoms with van der Waals surface area (Å²) in [6, 6.07) is 5.69. The zero-order valence-corrected chi connectivity index (χ0v) is 12.9. The summed E-state index contributed by atoms with van der Waals surface area (Å²) < 4.78 is 13.6. The van der Waals surface area contributed by atoms with Crippen LogP contribution in [0.15, 0.2) is 18.2 Å². The van der Waals surface area contributed by atoms with E-state index in [1.807, 2.05) is 6.07 Å². The maximum absolute atomic E-state index is 13.6. The van der Waals surface area contributed by atoms with Gasteiger partial charge in [0.15, 0.2) is 0 Å². The zero-order valence-electron chi connectivity index (χ0n) is 12.1. The van der Waals surface area contributed by atoms with Crippen LogP contribution in [-0.4, -0.2) is 31.1 Å². The van der Waals surface area contributed by atoms with Gasteiger partial charge >= 0.3 is 0 Å². The number of benzene rings is 1. The van der Waals surface area contributed by atoms with Crippen LogP contribution in [0.25, 0.3) is 0 Å². The third kappa shape index (κ3) is 3.16. The number of piperazine rings is 1. The third-order valence-corrected chi connectivity index (χ3v) is 4.70. The fourth-order valence-corrected chi connectivity index (χ4v) is 3.39. The highest BCUT2D eigenvalue weighted by Crippen LogP contribution is 2.42. The number of aryl methyl sites for hydroxylation is 1. The Kier molecular flexibility index (Phi) is 5.42. The van der Waals surface area contributed by atoms with Crippen LogP contribution < -0.4 is 5.32 Å². The van der Waals surface area contributed by atoms with Gasteiger partial charge in [-0.1, -0.05) is 12.5 Å². The van der Waals surface area contributed by atoms with Crippen LogP contribution in [-0.2, 0) is 0 Å². The Morgan fingerprint density at radius 2 is 1.95 bits per heavy atom. The molecule has 1 heterocycles. The average Bonchev–Trinajstić information content (AvgIpc) is 2.38. The lowest BCUT2D eigenvalue weighted by molar-refractivity contribution is 0.0831. The van der Waals surface area contributed by atoms with Gasteiger partial charge in [-0.15, -0.1) is 12.4 Å². The molecule has 2 fully saturated rings. The van der Waals surface area contributed by atoms with E-state index in [0.717, 1.165) is 32.1 Å². The van der Waals surface area contributed by atoms with Gasteiger partial charge < -0.3 is 5.32 Å². The third-order valence-electron chi connectivity index (χ3n) is 4.70. The van der Waals surface area contributed by atoms with Crippen LogP contribution in [0.1, 0.15) is 36.4 Å². The van der Waals surface area contributed by atoms with Crippen molar-refractivity contribution in [1.29, 1.82) is 0 Å². The molecule has 1 atom stereocenters. The molecule has 20 heavy (non-hydrogen) atoms. The fraction of sp³-hybridized carbons (Fsp3) is 0.625. The van der Waals surface area contributed by atoms with Crippen molar-refractivity contribution in [3.63, 3.8) is 0 Å². The van der Waals surface area contributed by atoms with E-state index in [-0.39, 0.29) is 18.2 Å². The summed E-state index contributed by atoms with van der Waals surface area (Å²) in [7, 11) is 0. The number of halogens is 2. The maximum atomic E-state index is 13.6. The van der Waals surface area contributed by atoms with E-state index in [2.05, 4.69) is 17.1 Å². The van der Waals surface area contributed by atoms with Gasteiger partial charge in [0.05, 0.1) is 0 Å². The molecule has 4 heteroatoms. The number of nitrogens with zero attached hydrogens (tertiary/aromatic N) is 1. The Labute approximate surface area is 127 Å². The summed E-state index contributed by atoms with van der Waals surface area (Å²) in [6.45, 7) is 6.38. The van der Waals surface area contributed by atoms with Crippen molar-refractivity contribution in [1.82, 2.24) is 10.2 Å². The lowest BCUT2D eigenvalue weighted by Crippen LogP contribution is -2.48. The Balaban J connectivity index is 0.00000147. The van der Waals surface area contributed by atoms with Crippen molar-refractivity contribution in [2.24, 2.45) is 5.92 Å². The van der Waals surface area contributed by atoms with Crippen molar-refractivity contribution in [3.05, 3.63) is 35.1 Å². The predicted molar refractivity (Wildman–Crippen MR) is 82.9 cm³/mol. The minimum absolute atomic E-state index is 0. The molecule has 1 aromatic carbocycles. The van der Waals surface area contributed by atoms with Gasteiger partial charge in [0.25, 0.3) is 0 Å². The van der Waals surface area contributed by atoms with Gasteiger partial charge in [0.1, 0.15) is 5.82 Å². The first-order valence-electron chi connectivity index (χ1n) is 7.46. The van der Waals surface area contributed by atoms with Gasteiger partial charge in [0.2, 0.25) is 0 Å². The number of hydrogen-bond acceptors (Lipinski definition) is 2. The van der Waals surface area contributed by atoms with E-state index in [0.29, 0.717) is 6.04 Å². The summed E-state index contributed by atoms with van der Waals surface area (Å²) in [5.41, 5.74) is 2.45. The molecule has 0 amide bonds. The molecular formula is C16H24ClFN2. The quantitative estimate of drug-likeness (QED) is 0.921. The smallest absolute Gasteiger partial charge is 0.123 e. The molecule has 1 saturated carbocycles. The Hall–Kier alpha value is -0.640. The molecule has 0 spiro atoms. The summed E-state index contributed by atoms with van der Waals surface area (Å²) >= 11 is 0. The van der Waals surface area contributed by atoms with E-state index in [4.69, 9.17) is 0 Å². The number of nitrogens with one attached hydrogen (secondary N) is 1. The molecule has 1 N–H and O–H groups in total. The molecule has 0 unspecified atom stereocenters. The lowest BCUT2D eigenvalue weighted by atomic mass is 9.75. The van der Waals surface area contributed by atoms with Gasteiger partial charge in [-0.05, 0) is 48.9 Å². The highest BCUT2D eigenvalue weighted by Gasteiger charge is 2.34. The average molecular weight is 299 g/mol. The minimum atomic E-state index is -0.0972. The van der Waals surface area contributed by atoms with Crippen molar-refractivity contribution in [2.75, 3.05) is 26.2 Å². The summed E-state index contributed by atoms with van der Waals surface area (Å²) in [5.74, 6) is 0.624. The minimum Gasteiger partial charge on any atom is -0.314 e. The molecule has 0 bridgehead atoms. The molecule has 0 aromatic heterocycles.